The van der Waals surface area contributed by atoms with E-state index in [1.54, 1.807) is 26.0 Å². The van der Waals surface area contributed by atoms with Crippen LogP contribution < -0.4 is 4.74 Å². The molecule has 2 aromatic rings. The van der Waals surface area contributed by atoms with E-state index in [-0.39, 0.29) is 23.2 Å². The van der Waals surface area contributed by atoms with Crippen molar-refractivity contribution >= 4 is 17.8 Å². The number of hydrogen-bond acceptors (Lipinski definition) is 4. The highest BCUT2D eigenvalue weighted by atomic mass is 16.5. The molecule has 0 amide bonds. The normalized spacial score (nSPS) is 11.1. The molecule has 0 saturated heterocycles. The van der Waals surface area contributed by atoms with Crippen LogP contribution in [0.3, 0.4) is 0 Å². The number of aromatic carboxylic acids is 1. The Bertz CT molecular complexity index is 861. The number of carbonyl (C=O) groups is 2. The van der Waals surface area contributed by atoms with Gasteiger partial charge in [-0.3, -0.25) is 4.79 Å². The number of allylic oxidation sites excluding steroid dienone is 1. The summed E-state index contributed by atoms with van der Waals surface area (Å²) >= 11 is 0. The molecule has 0 aliphatic carbocycles. The van der Waals surface area contributed by atoms with Crippen molar-refractivity contribution in [2.45, 2.75) is 33.8 Å². The third-order valence-corrected chi connectivity index (χ3v) is 3.88. The highest BCUT2D eigenvalue weighted by Gasteiger charge is 2.19. The van der Waals surface area contributed by atoms with Crippen LogP contribution in [-0.4, -0.2) is 28.1 Å². The van der Waals surface area contributed by atoms with Gasteiger partial charge in [-0.1, -0.05) is 0 Å². The fourth-order valence-corrected chi connectivity index (χ4v) is 2.73. The van der Waals surface area contributed by atoms with Gasteiger partial charge in [0, 0.05) is 16.7 Å². The Morgan fingerprint density at radius 1 is 1.12 bits per heavy atom. The minimum atomic E-state index is -1.01. The number of phenols is 1. The van der Waals surface area contributed by atoms with Crippen LogP contribution in [0.2, 0.25) is 0 Å². The van der Waals surface area contributed by atoms with Crippen molar-refractivity contribution < 1.29 is 24.5 Å². The number of aryl methyl sites for hydroxylation is 1. The third kappa shape index (κ3) is 4.30. The standard InChI is InChI=1S/C21H22O5/c1-12(2)26-20-14(4)19(21(24)25)13(3)11-16(20)7-10-18(23)15-5-8-17(22)9-6-15/h5-12,22H,1-4H3,(H,24,25)/b10-7+. The molecule has 2 aromatic carbocycles. The first-order chi connectivity index (χ1) is 12.2. The van der Waals surface area contributed by atoms with E-state index in [0.717, 1.165) is 0 Å². The quantitative estimate of drug-likeness (QED) is 0.594. The van der Waals surface area contributed by atoms with Crippen molar-refractivity contribution in [2.75, 3.05) is 0 Å². The predicted molar refractivity (Wildman–Crippen MR) is 100 cm³/mol. The van der Waals surface area contributed by atoms with Crippen molar-refractivity contribution in [2.24, 2.45) is 0 Å². The van der Waals surface area contributed by atoms with Gasteiger partial charge in [0.05, 0.1) is 11.7 Å². The van der Waals surface area contributed by atoms with Crippen LogP contribution in [0.25, 0.3) is 6.08 Å². The van der Waals surface area contributed by atoms with E-state index in [9.17, 15) is 19.8 Å². The summed E-state index contributed by atoms with van der Waals surface area (Å²) in [7, 11) is 0. The highest BCUT2D eigenvalue weighted by molar-refractivity contribution is 6.07. The summed E-state index contributed by atoms with van der Waals surface area (Å²) < 4.78 is 5.82. The minimum absolute atomic E-state index is 0.0914. The van der Waals surface area contributed by atoms with E-state index in [4.69, 9.17) is 4.74 Å². The molecule has 0 aliphatic rings. The molecule has 0 aliphatic heterocycles. The van der Waals surface area contributed by atoms with Crippen LogP contribution in [0.1, 0.15) is 51.3 Å². The smallest absolute Gasteiger partial charge is 0.336 e. The van der Waals surface area contributed by atoms with Crippen LogP contribution in [-0.2, 0) is 0 Å². The number of hydrogen-bond donors (Lipinski definition) is 2. The highest BCUT2D eigenvalue weighted by Crippen LogP contribution is 2.31. The predicted octanol–water partition coefficient (Wildman–Crippen LogP) is 4.39. The SMILES string of the molecule is Cc1cc(/C=C/C(=O)c2ccc(O)cc2)c(OC(C)C)c(C)c1C(=O)O. The van der Waals surface area contributed by atoms with Crippen LogP contribution >= 0.6 is 0 Å². The Kier molecular flexibility index (Phi) is 5.82. The largest absolute Gasteiger partial charge is 0.508 e. The number of rotatable bonds is 6. The van der Waals surface area contributed by atoms with Gasteiger partial charge < -0.3 is 14.9 Å². The number of carbonyl (C=O) groups excluding carboxylic acids is 1. The van der Waals surface area contributed by atoms with Gasteiger partial charge in [-0.15, -0.1) is 0 Å². The second kappa shape index (κ2) is 7.87. The molecule has 2 N–H and O–H groups in total. The molecule has 2 rings (SSSR count). The molecule has 0 heterocycles. The molecule has 0 radical (unpaired) electrons. The summed E-state index contributed by atoms with van der Waals surface area (Å²) in [6.07, 6.45) is 2.89. The lowest BCUT2D eigenvalue weighted by molar-refractivity contribution is 0.0694. The average Bonchev–Trinajstić information content (AvgIpc) is 2.55. The van der Waals surface area contributed by atoms with Gasteiger partial charge in [0.15, 0.2) is 5.78 Å². The van der Waals surface area contributed by atoms with E-state index in [1.807, 2.05) is 13.8 Å². The lowest BCUT2D eigenvalue weighted by Gasteiger charge is -2.18. The summed E-state index contributed by atoms with van der Waals surface area (Å²) in [5, 5.41) is 18.7. The zero-order valence-corrected chi connectivity index (χ0v) is 15.2. The molecular formula is C21H22O5. The molecule has 136 valence electrons. The number of aromatic hydroxyl groups is 1. The first kappa shape index (κ1) is 19.2. The van der Waals surface area contributed by atoms with E-state index in [2.05, 4.69) is 0 Å². The molecule has 0 bridgehead atoms. The number of ether oxygens (including phenoxy) is 1. The van der Waals surface area contributed by atoms with Crippen molar-refractivity contribution in [3.63, 3.8) is 0 Å². The van der Waals surface area contributed by atoms with Crippen molar-refractivity contribution in [1.82, 2.24) is 0 Å². The molecule has 5 heteroatoms. The van der Waals surface area contributed by atoms with Gasteiger partial charge in [0.25, 0.3) is 0 Å². The average molecular weight is 354 g/mol. The van der Waals surface area contributed by atoms with Crippen molar-refractivity contribution in [3.8, 4) is 11.5 Å². The Balaban J connectivity index is 2.45. The molecule has 0 aromatic heterocycles. The lowest BCUT2D eigenvalue weighted by Crippen LogP contribution is -2.12. The van der Waals surface area contributed by atoms with E-state index >= 15 is 0 Å². The molecule has 5 nitrogen and oxygen atoms in total. The molecule has 0 unspecified atom stereocenters. The van der Waals surface area contributed by atoms with E-state index < -0.39 is 5.97 Å². The van der Waals surface area contributed by atoms with Gasteiger partial charge >= 0.3 is 5.97 Å². The number of ketones is 1. The molecule has 26 heavy (non-hydrogen) atoms. The monoisotopic (exact) mass is 354 g/mol. The first-order valence-corrected chi connectivity index (χ1v) is 8.26. The number of phenolic OH excluding ortho intramolecular Hbond substituents is 1. The summed E-state index contributed by atoms with van der Waals surface area (Å²) in [6, 6.07) is 7.68. The van der Waals surface area contributed by atoms with E-state index in [0.29, 0.717) is 28.0 Å². The van der Waals surface area contributed by atoms with E-state index in [1.165, 1.54) is 30.3 Å². The summed E-state index contributed by atoms with van der Waals surface area (Å²) in [4.78, 5) is 23.8. The summed E-state index contributed by atoms with van der Waals surface area (Å²) in [5.74, 6) is -0.686. The van der Waals surface area contributed by atoms with Gasteiger partial charge in [-0.25, -0.2) is 4.79 Å². The first-order valence-electron chi connectivity index (χ1n) is 8.26. The van der Waals surface area contributed by atoms with Gasteiger partial charge in [-0.2, -0.15) is 0 Å². The van der Waals surface area contributed by atoms with Crippen LogP contribution in [0.4, 0.5) is 0 Å². The zero-order valence-electron chi connectivity index (χ0n) is 15.2. The lowest BCUT2D eigenvalue weighted by atomic mass is 9.97. The fraction of sp³-hybridized carbons (Fsp3) is 0.238. The third-order valence-electron chi connectivity index (χ3n) is 3.88. The second-order valence-corrected chi connectivity index (χ2v) is 6.33. The van der Waals surface area contributed by atoms with Crippen molar-refractivity contribution in [3.05, 3.63) is 64.2 Å². The molecule has 0 saturated carbocycles. The number of benzene rings is 2. The van der Waals surface area contributed by atoms with Crippen molar-refractivity contribution in [1.29, 1.82) is 0 Å². The Morgan fingerprint density at radius 3 is 2.27 bits per heavy atom. The maximum absolute atomic E-state index is 12.3. The molecule has 0 fully saturated rings. The Morgan fingerprint density at radius 2 is 1.73 bits per heavy atom. The number of carboxylic acids is 1. The van der Waals surface area contributed by atoms with Gasteiger partial charge in [0.2, 0.25) is 0 Å². The minimum Gasteiger partial charge on any atom is -0.508 e. The summed E-state index contributed by atoms with van der Waals surface area (Å²) in [6.45, 7) is 7.13. The number of carboxylic acid groups (broad SMARTS) is 1. The second-order valence-electron chi connectivity index (χ2n) is 6.33. The Labute approximate surface area is 152 Å². The van der Waals surface area contributed by atoms with Gasteiger partial charge in [-0.05, 0) is 75.7 Å². The van der Waals surface area contributed by atoms with Crippen LogP contribution in [0, 0.1) is 13.8 Å². The maximum Gasteiger partial charge on any atom is 0.336 e. The Hall–Kier alpha value is -3.08. The molecular weight excluding hydrogens is 332 g/mol. The summed E-state index contributed by atoms with van der Waals surface area (Å²) in [5.41, 5.74) is 2.43. The van der Waals surface area contributed by atoms with Crippen LogP contribution in [0.5, 0.6) is 11.5 Å². The van der Waals surface area contributed by atoms with Gasteiger partial charge in [0.1, 0.15) is 11.5 Å². The fourth-order valence-electron chi connectivity index (χ4n) is 2.73. The molecule has 0 spiro atoms. The topological polar surface area (TPSA) is 83.8 Å². The van der Waals surface area contributed by atoms with Crippen LogP contribution in [0.15, 0.2) is 36.4 Å². The maximum atomic E-state index is 12.3. The zero-order chi connectivity index (χ0) is 19.4. The molecule has 0 atom stereocenters.